The van der Waals surface area contributed by atoms with Crippen LogP contribution >= 0.6 is 0 Å². The predicted molar refractivity (Wildman–Crippen MR) is 71.0 cm³/mol. The molecule has 18 heavy (non-hydrogen) atoms. The number of methoxy groups -OCH3 is 2. The number of nitrogens with one attached hydrogen (secondary N) is 1. The summed E-state index contributed by atoms with van der Waals surface area (Å²) in [7, 11) is 3.10. The van der Waals surface area contributed by atoms with Crippen LogP contribution in [0.1, 0.15) is 13.8 Å². The quantitative estimate of drug-likeness (QED) is 0.835. The molecule has 1 aromatic carbocycles. The molecule has 5 nitrogen and oxygen atoms in total. The topological polar surface area (TPSA) is 73.6 Å². The Morgan fingerprint density at radius 1 is 1.28 bits per heavy atom. The highest BCUT2D eigenvalue weighted by molar-refractivity contribution is 5.96. The molecule has 0 aliphatic rings. The molecule has 0 aromatic heterocycles. The van der Waals surface area contributed by atoms with Crippen molar-refractivity contribution in [3.63, 3.8) is 0 Å². The number of nitrogens with two attached hydrogens (primary N) is 1. The molecule has 3 N–H and O–H groups in total. The lowest BCUT2D eigenvalue weighted by Crippen LogP contribution is -2.39. The SMILES string of the molecule is COc1ccc(OC)c(NC(=O)[C@@H](N)C(C)C)c1. The second-order valence-corrected chi connectivity index (χ2v) is 4.33. The van der Waals surface area contributed by atoms with E-state index in [1.54, 1.807) is 32.4 Å². The average Bonchev–Trinajstić information content (AvgIpc) is 2.37. The first kappa shape index (κ1) is 14.3. The lowest BCUT2D eigenvalue weighted by Gasteiger charge is -2.17. The Kier molecular flexibility index (Phi) is 4.97. The van der Waals surface area contributed by atoms with E-state index in [0.29, 0.717) is 17.2 Å². The fourth-order valence-electron chi connectivity index (χ4n) is 1.43. The van der Waals surface area contributed by atoms with Crippen molar-refractivity contribution in [3.05, 3.63) is 18.2 Å². The molecule has 0 aliphatic heterocycles. The summed E-state index contributed by atoms with van der Waals surface area (Å²) in [6, 6.07) is 4.64. The van der Waals surface area contributed by atoms with Crippen molar-refractivity contribution < 1.29 is 14.3 Å². The molecule has 5 heteroatoms. The molecule has 1 rings (SSSR count). The van der Waals surface area contributed by atoms with Gasteiger partial charge in [0.15, 0.2) is 0 Å². The van der Waals surface area contributed by atoms with Crippen molar-refractivity contribution in [2.75, 3.05) is 19.5 Å². The Bertz CT molecular complexity index is 419. The van der Waals surface area contributed by atoms with Gasteiger partial charge >= 0.3 is 0 Å². The molecule has 1 atom stereocenters. The molecule has 0 saturated heterocycles. The molecule has 0 spiro atoms. The molecule has 0 unspecified atom stereocenters. The maximum absolute atomic E-state index is 11.9. The van der Waals surface area contributed by atoms with Crippen LogP contribution in [-0.2, 0) is 4.79 Å². The maximum Gasteiger partial charge on any atom is 0.241 e. The lowest BCUT2D eigenvalue weighted by molar-refractivity contribution is -0.118. The van der Waals surface area contributed by atoms with E-state index in [4.69, 9.17) is 15.2 Å². The van der Waals surface area contributed by atoms with E-state index in [0.717, 1.165) is 0 Å². The third kappa shape index (κ3) is 3.37. The number of hydrogen-bond donors (Lipinski definition) is 2. The standard InChI is InChI=1S/C13H20N2O3/c1-8(2)12(14)13(16)15-10-7-9(17-3)5-6-11(10)18-4/h5-8,12H,14H2,1-4H3,(H,15,16)/t12-/m0/s1. The van der Waals surface area contributed by atoms with Crippen LogP contribution in [0.4, 0.5) is 5.69 Å². The molecule has 1 aromatic rings. The molecule has 0 bridgehead atoms. The van der Waals surface area contributed by atoms with E-state index >= 15 is 0 Å². The Morgan fingerprint density at radius 2 is 1.94 bits per heavy atom. The Morgan fingerprint density at radius 3 is 2.44 bits per heavy atom. The van der Waals surface area contributed by atoms with E-state index in [1.165, 1.54) is 0 Å². The number of amides is 1. The largest absolute Gasteiger partial charge is 0.497 e. The first-order valence-electron chi connectivity index (χ1n) is 5.78. The summed E-state index contributed by atoms with van der Waals surface area (Å²) >= 11 is 0. The van der Waals surface area contributed by atoms with Gasteiger partial charge in [-0.2, -0.15) is 0 Å². The molecule has 0 aliphatic carbocycles. The van der Waals surface area contributed by atoms with Crippen molar-refractivity contribution in [1.29, 1.82) is 0 Å². The minimum atomic E-state index is -0.555. The highest BCUT2D eigenvalue weighted by atomic mass is 16.5. The van der Waals surface area contributed by atoms with Crippen LogP contribution in [-0.4, -0.2) is 26.2 Å². The molecule has 0 fully saturated rings. The van der Waals surface area contributed by atoms with Gasteiger partial charge in [0.1, 0.15) is 11.5 Å². The third-order valence-electron chi connectivity index (χ3n) is 2.69. The highest BCUT2D eigenvalue weighted by Crippen LogP contribution is 2.29. The van der Waals surface area contributed by atoms with Crippen LogP contribution in [0.5, 0.6) is 11.5 Å². The van der Waals surface area contributed by atoms with Crippen LogP contribution in [0.2, 0.25) is 0 Å². The number of rotatable bonds is 5. The number of hydrogen-bond acceptors (Lipinski definition) is 4. The van der Waals surface area contributed by atoms with Crippen molar-refractivity contribution in [2.24, 2.45) is 11.7 Å². The molecule has 0 heterocycles. The van der Waals surface area contributed by atoms with Gasteiger partial charge in [0.2, 0.25) is 5.91 Å². The average molecular weight is 252 g/mol. The molecular weight excluding hydrogens is 232 g/mol. The van der Waals surface area contributed by atoms with Gasteiger partial charge in [-0.1, -0.05) is 13.8 Å². The monoisotopic (exact) mass is 252 g/mol. The van der Waals surface area contributed by atoms with Crippen LogP contribution < -0.4 is 20.5 Å². The first-order chi connectivity index (χ1) is 8.49. The highest BCUT2D eigenvalue weighted by Gasteiger charge is 2.18. The fraction of sp³-hybridized carbons (Fsp3) is 0.462. The Labute approximate surface area is 107 Å². The molecule has 0 saturated carbocycles. The van der Waals surface area contributed by atoms with Crippen LogP contribution in [0.15, 0.2) is 18.2 Å². The van der Waals surface area contributed by atoms with Gasteiger partial charge in [-0.3, -0.25) is 4.79 Å². The van der Waals surface area contributed by atoms with Crippen LogP contribution in [0.3, 0.4) is 0 Å². The Balaban J connectivity index is 2.91. The summed E-state index contributed by atoms with van der Waals surface area (Å²) in [5.41, 5.74) is 6.34. The summed E-state index contributed by atoms with van der Waals surface area (Å²) in [6.07, 6.45) is 0. The van der Waals surface area contributed by atoms with Crippen molar-refractivity contribution in [1.82, 2.24) is 0 Å². The molecule has 100 valence electrons. The minimum Gasteiger partial charge on any atom is -0.497 e. The first-order valence-corrected chi connectivity index (χ1v) is 5.78. The van der Waals surface area contributed by atoms with Crippen LogP contribution in [0, 0.1) is 5.92 Å². The van der Waals surface area contributed by atoms with E-state index in [9.17, 15) is 4.79 Å². The van der Waals surface area contributed by atoms with Gasteiger partial charge in [-0.05, 0) is 18.1 Å². The zero-order chi connectivity index (χ0) is 13.7. The van der Waals surface area contributed by atoms with E-state index < -0.39 is 6.04 Å². The van der Waals surface area contributed by atoms with E-state index in [-0.39, 0.29) is 11.8 Å². The third-order valence-corrected chi connectivity index (χ3v) is 2.69. The normalized spacial score (nSPS) is 12.1. The summed E-state index contributed by atoms with van der Waals surface area (Å²) in [5.74, 6) is 1.04. The number of benzene rings is 1. The number of carbonyl (C=O) groups is 1. The lowest BCUT2D eigenvalue weighted by atomic mass is 10.0. The van der Waals surface area contributed by atoms with Crippen molar-refractivity contribution in [2.45, 2.75) is 19.9 Å². The predicted octanol–water partition coefficient (Wildman–Crippen LogP) is 1.63. The maximum atomic E-state index is 11.9. The summed E-state index contributed by atoms with van der Waals surface area (Å²) in [6.45, 7) is 3.79. The zero-order valence-electron chi connectivity index (χ0n) is 11.2. The smallest absolute Gasteiger partial charge is 0.241 e. The summed E-state index contributed by atoms with van der Waals surface area (Å²) in [4.78, 5) is 11.9. The van der Waals surface area contributed by atoms with Gasteiger partial charge in [0, 0.05) is 6.07 Å². The van der Waals surface area contributed by atoms with Gasteiger partial charge in [-0.15, -0.1) is 0 Å². The minimum absolute atomic E-state index is 0.0709. The van der Waals surface area contributed by atoms with Crippen LogP contribution in [0.25, 0.3) is 0 Å². The molecule has 0 radical (unpaired) electrons. The number of anilines is 1. The second-order valence-electron chi connectivity index (χ2n) is 4.33. The van der Waals surface area contributed by atoms with Crippen molar-refractivity contribution in [3.8, 4) is 11.5 Å². The Hall–Kier alpha value is -1.75. The van der Waals surface area contributed by atoms with Gasteiger partial charge in [0.05, 0.1) is 25.9 Å². The zero-order valence-corrected chi connectivity index (χ0v) is 11.2. The van der Waals surface area contributed by atoms with Gasteiger partial charge in [-0.25, -0.2) is 0 Å². The summed E-state index contributed by atoms with van der Waals surface area (Å²) in [5, 5.41) is 2.75. The fourth-order valence-corrected chi connectivity index (χ4v) is 1.43. The van der Waals surface area contributed by atoms with E-state index in [1.807, 2.05) is 13.8 Å². The second kappa shape index (κ2) is 6.26. The molecule has 1 amide bonds. The van der Waals surface area contributed by atoms with E-state index in [2.05, 4.69) is 5.32 Å². The van der Waals surface area contributed by atoms with Crippen molar-refractivity contribution >= 4 is 11.6 Å². The summed E-state index contributed by atoms with van der Waals surface area (Å²) < 4.78 is 10.3. The molecular formula is C13H20N2O3. The van der Waals surface area contributed by atoms with Gasteiger partial charge in [0.25, 0.3) is 0 Å². The number of carbonyl (C=O) groups excluding carboxylic acids is 1. The van der Waals surface area contributed by atoms with Gasteiger partial charge < -0.3 is 20.5 Å². The number of ether oxygens (including phenoxy) is 2.